The van der Waals surface area contributed by atoms with E-state index >= 15 is 0 Å². The summed E-state index contributed by atoms with van der Waals surface area (Å²) in [4.78, 5) is 15.6. The lowest BCUT2D eigenvalue weighted by atomic mass is 10.3. The van der Waals surface area contributed by atoms with Crippen LogP contribution < -0.4 is 11.1 Å². The molecular weight excluding hydrogens is 226 g/mol. The van der Waals surface area contributed by atoms with E-state index < -0.39 is 5.91 Å². The predicted octanol–water partition coefficient (Wildman–Crippen LogP) is 0.313. The second-order valence-corrected chi connectivity index (χ2v) is 3.27. The Labute approximate surface area is 95.4 Å². The van der Waals surface area contributed by atoms with Gasteiger partial charge < -0.3 is 16.2 Å². The van der Waals surface area contributed by atoms with Gasteiger partial charge in [0.2, 0.25) is 11.5 Å². The van der Waals surface area contributed by atoms with E-state index in [9.17, 15) is 9.90 Å². The van der Waals surface area contributed by atoms with Crippen LogP contribution in [0.15, 0.2) is 16.8 Å². The van der Waals surface area contributed by atoms with Gasteiger partial charge in [-0.2, -0.15) is 0 Å². The minimum Gasteiger partial charge on any atom is -0.504 e. The molecule has 0 bridgehead atoms. The number of aromatic nitrogens is 3. The molecule has 2 rings (SSSR count). The summed E-state index contributed by atoms with van der Waals surface area (Å²) < 4.78 is 4.29. The molecule has 2 aromatic rings. The van der Waals surface area contributed by atoms with Gasteiger partial charge in [-0.05, 0) is 29.4 Å². The zero-order valence-corrected chi connectivity index (χ0v) is 8.84. The highest BCUT2D eigenvalue weighted by Gasteiger charge is 2.17. The number of amides is 1. The summed E-state index contributed by atoms with van der Waals surface area (Å²) in [5.41, 5.74) is 5.84. The second-order valence-electron chi connectivity index (χ2n) is 3.27. The van der Waals surface area contributed by atoms with Crippen molar-refractivity contribution in [1.82, 2.24) is 15.3 Å². The van der Waals surface area contributed by atoms with Gasteiger partial charge in [-0.15, -0.1) is 0 Å². The Morgan fingerprint density at radius 3 is 2.88 bits per heavy atom. The summed E-state index contributed by atoms with van der Waals surface area (Å²) in [6.45, 7) is 1.72. The number of nitrogen functional groups attached to an aromatic ring is 1. The van der Waals surface area contributed by atoms with Gasteiger partial charge in [0.15, 0.2) is 11.6 Å². The van der Waals surface area contributed by atoms with Crippen LogP contribution in [-0.4, -0.2) is 26.3 Å². The molecule has 17 heavy (non-hydrogen) atoms. The van der Waals surface area contributed by atoms with E-state index in [2.05, 4.69) is 25.2 Å². The van der Waals surface area contributed by atoms with Crippen molar-refractivity contribution >= 4 is 17.5 Å². The third-order valence-electron chi connectivity index (χ3n) is 1.97. The molecule has 88 valence electrons. The zero-order valence-electron chi connectivity index (χ0n) is 8.84. The van der Waals surface area contributed by atoms with Gasteiger partial charge in [-0.3, -0.25) is 4.79 Å². The number of pyridine rings is 1. The van der Waals surface area contributed by atoms with Gasteiger partial charge >= 0.3 is 0 Å². The maximum Gasteiger partial charge on any atom is 0.283 e. The highest BCUT2D eigenvalue weighted by Crippen LogP contribution is 2.21. The largest absolute Gasteiger partial charge is 0.504 e. The van der Waals surface area contributed by atoms with Crippen molar-refractivity contribution in [2.75, 3.05) is 11.1 Å². The summed E-state index contributed by atoms with van der Waals surface area (Å²) in [6.07, 6.45) is 0. The van der Waals surface area contributed by atoms with Crippen LogP contribution in [0.1, 0.15) is 16.2 Å². The molecule has 4 N–H and O–H groups in total. The molecule has 0 atom stereocenters. The van der Waals surface area contributed by atoms with Crippen LogP contribution in [0.3, 0.4) is 0 Å². The molecule has 0 aromatic carbocycles. The predicted molar refractivity (Wildman–Crippen MR) is 57.3 cm³/mol. The number of nitrogens with two attached hydrogens (primary N) is 1. The quantitative estimate of drug-likeness (QED) is 0.683. The summed E-state index contributed by atoms with van der Waals surface area (Å²) in [6, 6.07) is 3.03. The van der Waals surface area contributed by atoms with E-state index in [1.807, 2.05) is 0 Å². The van der Waals surface area contributed by atoms with Crippen LogP contribution in [-0.2, 0) is 0 Å². The Kier molecular flexibility index (Phi) is 2.61. The van der Waals surface area contributed by atoms with Crippen LogP contribution in [0, 0.1) is 6.92 Å². The molecule has 0 spiro atoms. The Bertz CT molecular complexity index is 566. The molecule has 1 amide bonds. The fourth-order valence-electron chi connectivity index (χ4n) is 1.16. The fourth-order valence-corrected chi connectivity index (χ4v) is 1.16. The number of hydrogen-bond acceptors (Lipinski definition) is 7. The first-order valence-electron chi connectivity index (χ1n) is 4.64. The molecule has 0 fully saturated rings. The van der Waals surface area contributed by atoms with Crippen molar-refractivity contribution < 1.29 is 14.5 Å². The first-order chi connectivity index (χ1) is 8.08. The van der Waals surface area contributed by atoms with Gasteiger partial charge in [0.05, 0.1) is 0 Å². The van der Waals surface area contributed by atoms with E-state index in [1.54, 1.807) is 13.0 Å². The topological polar surface area (TPSA) is 127 Å². The molecule has 0 unspecified atom stereocenters. The first-order valence-corrected chi connectivity index (χ1v) is 4.64. The number of nitrogens with one attached hydrogen (secondary N) is 1. The number of hydrogen-bond donors (Lipinski definition) is 3. The molecule has 8 heteroatoms. The van der Waals surface area contributed by atoms with Crippen molar-refractivity contribution in [3.63, 3.8) is 0 Å². The first kappa shape index (κ1) is 10.9. The zero-order chi connectivity index (χ0) is 12.4. The summed E-state index contributed by atoms with van der Waals surface area (Å²) in [5.74, 6) is -0.914. The van der Waals surface area contributed by atoms with Crippen LogP contribution in [0.2, 0.25) is 0 Å². The lowest BCUT2D eigenvalue weighted by Crippen LogP contribution is -2.15. The average Bonchev–Trinajstić information content (AvgIpc) is 2.70. The number of anilines is 2. The summed E-state index contributed by atoms with van der Waals surface area (Å²) >= 11 is 0. The van der Waals surface area contributed by atoms with E-state index in [4.69, 9.17) is 5.73 Å². The van der Waals surface area contributed by atoms with Crippen LogP contribution in [0.4, 0.5) is 11.6 Å². The van der Waals surface area contributed by atoms with Gasteiger partial charge in [-0.25, -0.2) is 9.61 Å². The smallest absolute Gasteiger partial charge is 0.283 e. The van der Waals surface area contributed by atoms with E-state index in [-0.39, 0.29) is 23.1 Å². The Morgan fingerprint density at radius 1 is 1.47 bits per heavy atom. The van der Waals surface area contributed by atoms with Gasteiger partial charge in [0.25, 0.3) is 5.91 Å². The van der Waals surface area contributed by atoms with Gasteiger partial charge in [0, 0.05) is 5.69 Å². The molecule has 8 nitrogen and oxygen atoms in total. The molecule has 2 aromatic heterocycles. The Hall–Kier alpha value is -2.64. The maximum atomic E-state index is 11.7. The van der Waals surface area contributed by atoms with E-state index in [1.165, 1.54) is 6.07 Å². The number of carbonyl (C=O) groups is 1. The fraction of sp³-hybridized carbons (Fsp3) is 0.111. The van der Waals surface area contributed by atoms with Gasteiger partial charge in [-0.1, -0.05) is 0 Å². The summed E-state index contributed by atoms with van der Waals surface area (Å²) in [7, 11) is 0. The third-order valence-corrected chi connectivity index (χ3v) is 1.97. The number of aromatic hydroxyl groups is 1. The van der Waals surface area contributed by atoms with Crippen LogP contribution in [0.5, 0.6) is 5.75 Å². The molecule has 0 aliphatic rings. The van der Waals surface area contributed by atoms with Crippen molar-refractivity contribution in [2.24, 2.45) is 0 Å². The minimum absolute atomic E-state index is 0.0254. The highest BCUT2D eigenvalue weighted by molar-refractivity contribution is 6.05. The number of rotatable bonds is 2. The number of nitrogens with zero attached hydrogens (tertiary/aromatic N) is 3. The van der Waals surface area contributed by atoms with E-state index in [0.29, 0.717) is 5.69 Å². The van der Waals surface area contributed by atoms with Crippen molar-refractivity contribution in [2.45, 2.75) is 6.92 Å². The molecule has 0 aliphatic carbocycles. The van der Waals surface area contributed by atoms with Crippen molar-refractivity contribution in [3.8, 4) is 5.75 Å². The van der Waals surface area contributed by atoms with Crippen molar-refractivity contribution in [1.29, 1.82) is 0 Å². The van der Waals surface area contributed by atoms with Crippen LogP contribution >= 0.6 is 0 Å². The second kappa shape index (κ2) is 4.08. The summed E-state index contributed by atoms with van der Waals surface area (Å²) in [5, 5.41) is 18.4. The number of carbonyl (C=O) groups excluding carboxylic acids is 1. The monoisotopic (exact) mass is 235 g/mol. The molecular formula is C9H9N5O3. The SMILES string of the molecule is Cc1ccc(O)c(NC(=O)c2nonc2N)n1. The molecule has 2 heterocycles. The Morgan fingerprint density at radius 2 is 2.24 bits per heavy atom. The van der Waals surface area contributed by atoms with E-state index in [0.717, 1.165) is 0 Å². The number of aryl methyl sites for hydroxylation is 1. The molecule has 0 aliphatic heterocycles. The third kappa shape index (κ3) is 2.14. The van der Waals surface area contributed by atoms with Gasteiger partial charge in [0.1, 0.15) is 0 Å². The maximum absolute atomic E-state index is 11.7. The Balaban J connectivity index is 2.24. The molecule has 0 saturated carbocycles. The minimum atomic E-state index is -0.655. The van der Waals surface area contributed by atoms with Crippen molar-refractivity contribution in [3.05, 3.63) is 23.5 Å². The standard InChI is InChI=1S/C9H9N5O3/c1-4-2-3-5(15)8(11-4)12-9(16)6-7(10)14-17-13-6/h2-3,15H,1H3,(H2,10,14)(H,11,12,16). The highest BCUT2D eigenvalue weighted by atomic mass is 16.6. The molecule has 0 radical (unpaired) electrons. The molecule has 0 saturated heterocycles. The lowest BCUT2D eigenvalue weighted by molar-refractivity contribution is 0.101. The average molecular weight is 235 g/mol. The normalized spacial score (nSPS) is 10.2. The lowest BCUT2D eigenvalue weighted by Gasteiger charge is -2.05. The van der Waals surface area contributed by atoms with Crippen LogP contribution in [0.25, 0.3) is 0 Å².